The van der Waals surface area contributed by atoms with Gasteiger partial charge in [0.25, 0.3) is 0 Å². The fourth-order valence-corrected chi connectivity index (χ4v) is 5.29. The minimum atomic E-state index is 0.689. The first-order valence-electron chi connectivity index (χ1n) is 14.8. The van der Waals surface area contributed by atoms with Crippen LogP contribution in [0.2, 0.25) is 0 Å². The number of hydrogen-bond donors (Lipinski definition) is 0. The average molecular weight is 560 g/mol. The lowest BCUT2D eigenvalue weighted by atomic mass is 9.90. The molecule has 2 aromatic heterocycles. The van der Waals surface area contributed by atoms with Gasteiger partial charge in [0.1, 0.15) is 0 Å². The van der Waals surface area contributed by atoms with Gasteiger partial charge in [-0.3, -0.25) is 4.98 Å². The summed E-state index contributed by atoms with van der Waals surface area (Å²) in [6, 6.07) is 33.4. The van der Waals surface area contributed by atoms with Gasteiger partial charge < -0.3 is 0 Å². The predicted molar refractivity (Wildman–Crippen MR) is 182 cm³/mol. The van der Waals surface area contributed by atoms with Crippen LogP contribution in [-0.2, 0) is 0 Å². The van der Waals surface area contributed by atoms with Crippen molar-refractivity contribution in [3.8, 4) is 45.0 Å². The topological polar surface area (TPSA) is 38.7 Å². The zero-order valence-corrected chi connectivity index (χ0v) is 25.2. The molecule has 212 valence electrons. The fraction of sp³-hybridized carbons (Fsp3) is 0.125. The van der Waals surface area contributed by atoms with Gasteiger partial charge in [0.2, 0.25) is 0 Å². The van der Waals surface area contributed by atoms with Gasteiger partial charge >= 0.3 is 0 Å². The number of allylic oxidation sites excluding steroid dienone is 7. The molecule has 0 spiro atoms. The highest BCUT2D eigenvalue weighted by Gasteiger charge is 2.14. The number of rotatable bonds is 10. The Kier molecular flexibility index (Phi) is 9.66. The van der Waals surface area contributed by atoms with E-state index in [4.69, 9.17) is 9.97 Å². The Hall–Kier alpha value is -5.15. The van der Waals surface area contributed by atoms with Crippen molar-refractivity contribution in [3.63, 3.8) is 0 Å². The van der Waals surface area contributed by atoms with Gasteiger partial charge in [-0.25, -0.2) is 9.97 Å². The van der Waals surface area contributed by atoms with E-state index >= 15 is 0 Å². The second kappa shape index (κ2) is 14.2. The van der Waals surface area contributed by atoms with Gasteiger partial charge in [0, 0.05) is 29.1 Å². The lowest BCUT2D eigenvalue weighted by Crippen LogP contribution is -1.98. The molecule has 0 aliphatic rings. The molecule has 2 heterocycles. The third-order valence-electron chi connectivity index (χ3n) is 7.28. The molecule has 0 radical (unpaired) electrons. The molecule has 0 bridgehead atoms. The number of nitrogens with zero attached hydrogens (tertiary/aromatic N) is 3. The van der Waals surface area contributed by atoms with Crippen molar-refractivity contribution in [3.05, 3.63) is 157 Å². The van der Waals surface area contributed by atoms with Crippen LogP contribution in [0.3, 0.4) is 0 Å². The van der Waals surface area contributed by atoms with E-state index in [2.05, 4.69) is 116 Å². The van der Waals surface area contributed by atoms with Crippen LogP contribution in [0, 0.1) is 0 Å². The molecule has 3 aromatic carbocycles. The Morgan fingerprint density at radius 2 is 1.33 bits per heavy atom. The normalized spacial score (nSPS) is 12.1. The van der Waals surface area contributed by atoms with E-state index in [9.17, 15) is 0 Å². The zero-order valence-electron chi connectivity index (χ0n) is 25.2. The Bertz CT molecular complexity index is 1780. The molecule has 5 aromatic rings. The molecule has 43 heavy (non-hydrogen) atoms. The van der Waals surface area contributed by atoms with E-state index in [0.717, 1.165) is 68.8 Å². The summed E-state index contributed by atoms with van der Waals surface area (Å²) in [5.74, 6) is 0.689. The van der Waals surface area contributed by atoms with Crippen molar-refractivity contribution in [1.82, 2.24) is 15.0 Å². The minimum Gasteiger partial charge on any atom is -0.264 e. The van der Waals surface area contributed by atoms with E-state index in [-0.39, 0.29) is 0 Å². The van der Waals surface area contributed by atoms with Crippen LogP contribution in [0.5, 0.6) is 0 Å². The predicted octanol–water partition coefficient (Wildman–Crippen LogP) is 10.8. The standard InChI is InChI=1S/C40H37N3/c1-5-13-29(4)39(33(14-6-2)15-7-3)34-18-11-19-35(26-34)40-42-37(31-16-9-8-10-17-31)27-38(43-40)32-23-21-30(22-24-32)36-20-12-25-41-28-36/h5-6,8-14,16-28H,4,7,15H2,1-3H3/b13-5-,14-6-,39-33+. The molecule has 0 aliphatic heterocycles. The van der Waals surface area contributed by atoms with Crippen molar-refractivity contribution in [2.75, 3.05) is 0 Å². The van der Waals surface area contributed by atoms with Crippen molar-refractivity contribution >= 4 is 5.57 Å². The molecule has 3 heteroatoms. The lowest BCUT2D eigenvalue weighted by molar-refractivity contribution is 0.928. The molecule has 0 amide bonds. The van der Waals surface area contributed by atoms with Crippen LogP contribution >= 0.6 is 0 Å². The van der Waals surface area contributed by atoms with Crippen LogP contribution < -0.4 is 0 Å². The highest BCUT2D eigenvalue weighted by Crippen LogP contribution is 2.34. The maximum atomic E-state index is 5.11. The summed E-state index contributed by atoms with van der Waals surface area (Å²) < 4.78 is 0. The van der Waals surface area contributed by atoms with E-state index in [1.54, 1.807) is 6.20 Å². The summed E-state index contributed by atoms with van der Waals surface area (Å²) in [7, 11) is 0. The summed E-state index contributed by atoms with van der Waals surface area (Å²) in [5.41, 5.74) is 11.6. The van der Waals surface area contributed by atoms with Gasteiger partial charge in [-0.2, -0.15) is 0 Å². The highest BCUT2D eigenvalue weighted by atomic mass is 14.9. The summed E-state index contributed by atoms with van der Waals surface area (Å²) in [4.78, 5) is 14.5. The number of pyridine rings is 1. The molecule has 0 saturated carbocycles. The molecule has 0 atom stereocenters. The van der Waals surface area contributed by atoms with E-state index < -0.39 is 0 Å². The molecule has 0 fully saturated rings. The summed E-state index contributed by atoms with van der Waals surface area (Å²) in [6.07, 6.45) is 14.1. The van der Waals surface area contributed by atoms with Crippen molar-refractivity contribution in [2.45, 2.75) is 33.6 Å². The van der Waals surface area contributed by atoms with Gasteiger partial charge in [-0.1, -0.05) is 123 Å². The van der Waals surface area contributed by atoms with Crippen molar-refractivity contribution in [2.24, 2.45) is 0 Å². The van der Waals surface area contributed by atoms with E-state index in [0.29, 0.717) is 5.82 Å². The van der Waals surface area contributed by atoms with Crippen molar-refractivity contribution in [1.29, 1.82) is 0 Å². The second-order valence-electron chi connectivity index (χ2n) is 10.4. The minimum absolute atomic E-state index is 0.689. The summed E-state index contributed by atoms with van der Waals surface area (Å²) in [5, 5.41) is 0. The lowest BCUT2D eigenvalue weighted by Gasteiger charge is -2.16. The maximum absolute atomic E-state index is 5.11. The summed E-state index contributed by atoms with van der Waals surface area (Å²) in [6.45, 7) is 10.7. The van der Waals surface area contributed by atoms with Crippen LogP contribution in [0.25, 0.3) is 50.6 Å². The number of hydrogen-bond acceptors (Lipinski definition) is 3. The Morgan fingerprint density at radius 3 is 1.98 bits per heavy atom. The molecule has 0 unspecified atom stereocenters. The quantitative estimate of drug-likeness (QED) is 0.160. The number of benzene rings is 3. The monoisotopic (exact) mass is 559 g/mol. The first-order chi connectivity index (χ1) is 21.1. The van der Waals surface area contributed by atoms with Crippen LogP contribution in [0.15, 0.2) is 151 Å². The second-order valence-corrected chi connectivity index (χ2v) is 10.4. The Labute approximate surface area is 255 Å². The maximum Gasteiger partial charge on any atom is 0.160 e. The molecule has 5 rings (SSSR count). The third kappa shape index (κ3) is 7.02. The van der Waals surface area contributed by atoms with Gasteiger partial charge in [0.05, 0.1) is 11.4 Å². The largest absolute Gasteiger partial charge is 0.264 e. The van der Waals surface area contributed by atoms with Gasteiger partial charge in [0.15, 0.2) is 5.82 Å². The van der Waals surface area contributed by atoms with E-state index in [1.165, 1.54) is 5.57 Å². The first-order valence-corrected chi connectivity index (χ1v) is 14.8. The molecule has 3 nitrogen and oxygen atoms in total. The molecular weight excluding hydrogens is 522 g/mol. The first kappa shape index (κ1) is 29.3. The smallest absolute Gasteiger partial charge is 0.160 e. The zero-order chi connectivity index (χ0) is 30.0. The van der Waals surface area contributed by atoms with Gasteiger partial charge in [-0.05, 0) is 71.9 Å². The van der Waals surface area contributed by atoms with E-state index in [1.807, 2.05) is 43.5 Å². The Morgan fingerprint density at radius 1 is 0.674 bits per heavy atom. The molecule has 0 aliphatic carbocycles. The number of aromatic nitrogens is 3. The van der Waals surface area contributed by atoms with Crippen LogP contribution in [0.4, 0.5) is 0 Å². The molecular formula is C40H37N3. The fourth-order valence-electron chi connectivity index (χ4n) is 5.29. The molecule has 0 N–H and O–H groups in total. The average Bonchev–Trinajstić information content (AvgIpc) is 3.06. The van der Waals surface area contributed by atoms with Crippen LogP contribution in [-0.4, -0.2) is 15.0 Å². The van der Waals surface area contributed by atoms with Gasteiger partial charge in [-0.15, -0.1) is 0 Å². The summed E-state index contributed by atoms with van der Waals surface area (Å²) >= 11 is 0. The third-order valence-corrected chi connectivity index (χ3v) is 7.28. The Balaban J connectivity index is 1.64. The molecule has 0 saturated heterocycles. The van der Waals surface area contributed by atoms with Crippen LogP contribution in [0.1, 0.15) is 39.2 Å². The SMILES string of the molecule is C=C(/C=C\C)/C(=C(/C=C\C)CCC)c1cccc(-c2nc(-c3ccccc3)cc(-c3ccc(-c4cccnc4)cc3)n2)c1. The highest BCUT2D eigenvalue weighted by molar-refractivity contribution is 5.86. The van der Waals surface area contributed by atoms with Crippen molar-refractivity contribution < 1.29 is 0 Å².